The molecule has 0 heterocycles. The van der Waals surface area contributed by atoms with E-state index in [0.717, 1.165) is 36.2 Å². The van der Waals surface area contributed by atoms with Gasteiger partial charge in [0.15, 0.2) is 0 Å². The summed E-state index contributed by atoms with van der Waals surface area (Å²) in [6.45, 7) is 6.58. The van der Waals surface area contributed by atoms with Gasteiger partial charge in [-0.25, -0.2) is 8.42 Å². The second-order valence-electron chi connectivity index (χ2n) is 5.22. The van der Waals surface area contributed by atoms with Gasteiger partial charge < -0.3 is 5.32 Å². The molecule has 19 heavy (non-hydrogen) atoms. The maximum Gasteiger partial charge on any atom is 0.243 e. The van der Waals surface area contributed by atoms with Crippen molar-refractivity contribution in [3.8, 4) is 0 Å². The fourth-order valence-electron chi connectivity index (χ4n) is 2.44. The van der Waals surface area contributed by atoms with E-state index in [1.54, 1.807) is 7.05 Å². The van der Waals surface area contributed by atoms with Crippen molar-refractivity contribution < 1.29 is 8.42 Å². The summed E-state index contributed by atoms with van der Waals surface area (Å²) in [5.41, 5.74) is 2.59. The Morgan fingerprint density at radius 3 is 2.21 bits per heavy atom. The number of nitrogens with zero attached hydrogens (tertiary/aromatic N) is 1. The van der Waals surface area contributed by atoms with Crippen LogP contribution in [-0.4, -0.2) is 32.4 Å². The Balaban J connectivity index is 2.44. The second-order valence-corrected chi connectivity index (χ2v) is 7.16. The predicted molar refractivity (Wildman–Crippen MR) is 78.1 cm³/mol. The molecule has 1 aromatic carbocycles. The lowest BCUT2D eigenvalue weighted by atomic mass is 10.1. The zero-order chi connectivity index (χ0) is 14.2. The molecule has 1 N–H and O–H groups in total. The van der Waals surface area contributed by atoms with Crippen molar-refractivity contribution in [3.63, 3.8) is 0 Å². The minimum atomic E-state index is -3.36. The van der Waals surface area contributed by atoms with E-state index in [2.05, 4.69) is 5.32 Å². The van der Waals surface area contributed by atoms with E-state index in [0.29, 0.717) is 4.90 Å². The van der Waals surface area contributed by atoms with Gasteiger partial charge >= 0.3 is 0 Å². The Hall–Kier alpha value is -1.07. The third-order valence-electron chi connectivity index (χ3n) is 3.54. The lowest BCUT2D eigenvalue weighted by Gasteiger charge is -2.20. The zero-order valence-electron chi connectivity index (χ0n) is 12.0. The first-order valence-corrected chi connectivity index (χ1v) is 8.15. The van der Waals surface area contributed by atoms with Gasteiger partial charge in [0.25, 0.3) is 0 Å². The topological polar surface area (TPSA) is 49.4 Å². The van der Waals surface area contributed by atoms with Gasteiger partial charge in [0, 0.05) is 25.3 Å². The monoisotopic (exact) mass is 282 g/mol. The summed E-state index contributed by atoms with van der Waals surface area (Å²) in [6.07, 6.45) is 1.95. The number of aryl methyl sites for hydroxylation is 2. The summed E-state index contributed by atoms with van der Waals surface area (Å²) in [5, 5.41) is 3.22. The van der Waals surface area contributed by atoms with Crippen LogP contribution in [0, 0.1) is 13.8 Å². The number of hydrogen-bond acceptors (Lipinski definition) is 3. The van der Waals surface area contributed by atoms with Crippen LogP contribution in [0.3, 0.4) is 0 Å². The zero-order valence-corrected chi connectivity index (χ0v) is 12.8. The minimum Gasteiger partial charge on any atom is -0.385 e. The van der Waals surface area contributed by atoms with Gasteiger partial charge in [-0.2, -0.15) is 4.31 Å². The Morgan fingerprint density at radius 2 is 1.79 bits per heavy atom. The predicted octanol–water partition coefficient (Wildman–Crippen LogP) is 2.52. The molecule has 0 atom stereocenters. The Labute approximate surface area is 115 Å². The third-order valence-corrected chi connectivity index (χ3v) is 5.76. The van der Waals surface area contributed by atoms with Gasteiger partial charge in [0.2, 0.25) is 10.0 Å². The summed E-state index contributed by atoms with van der Waals surface area (Å²) >= 11 is 0. The maximum absolute atomic E-state index is 12.6. The van der Waals surface area contributed by atoms with Crippen molar-refractivity contribution in [3.05, 3.63) is 23.3 Å². The average molecular weight is 282 g/mol. The molecule has 2 rings (SSSR count). The molecule has 0 aromatic heterocycles. The number of nitrogens with one attached hydrogen (secondary N) is 1. The Bertz CT molecular complexity index is 554. The van der Waals surface area contributed by atoms with E-state index in [1.165, 1.54) is 4.31 Å². The van der Waals surface area contributed by atoms with Crippen LogP contribution in [0.4, 0.5) is 5.69 Å². The van der Waals surface area contributed by atoms with E-state index in [9.17, 15) is 8.42 Å². The molecule has 1 aliphatic rings. The highest BCUT2D eigenvalue weighted by Gasteiger charge is 2.36. The average Bonchev–Trinajstić information content (AvgIpc) is 3.10. The largest absolute Gasteiger partial charge is 0.385 e. The van der Waals surface area contributed by atoms with E-state index in [1.807, 2.05) is 32.9 Å². The standard InChI is InChI=1S/C14H22N2O2S/c1-5-15-12-8-10(2)14(11(3)9-12)19(17,18)16(4)13-6-7-13/h8-9,13,15H,5-7H2,1-4H3. The first-order valence-electron chi connectivity index (χ1n) is 6.71. The number of sulfonamides is 1. The number of anilines is 1. The van der Waals surface area contributed by atoms with Crippen LogP contribution in [0.25, 0.3) is 0 Å². The molecule has 0 unspecified atom stereocenters. The van der Waals surface area contributed by atoms with Crippen LogP contribution in [-0.2, 0) is 10.0 Å². The third kappa shape index (κ3) is 2.77. The molecule has 0 radical (unpaired) electrons. The molecule has 0 aliphatic heterocycles. The van der Waals surface area contributed by atoms with Crippen molar-refractivity contribution in [2.24, 2.45) is 0 Å². The molecular formula is C14H22N2O2S. The molecule has 0 saturated heterocycles. The SMILES string of the molecule is CCNc1cc(C)c(S(=O)(=O)N(C)C2CC2)c(C)c1. The fraction of sp³-hybridized carbons (Fsp3) is 0.571. The molecule has 4 nitrogen and oxygen atoms in total. The molecule has 1 saturated carbocycles. The quantitative estimate of drug-likeness (QED) is 0.903. The lowest BCUT2D eigenvalue weighted by Crippen LogP contribution is -2.30. The van der Waals surface area contributed by atoms with Gasteiger partial charge in [-0.05, 0) is 56.9 Å². The molecule has 1 fully saturated rings. The Morgan fingerprint density at radius 1 is 1.26 bits per heavy atom. The highest BCUT2D eigenvalue weighted by atomic mass is 32.2. The minimum absolute atomic E-state index is 0.192. The van der Waals surface area contributed by atoms with E-state index < -0.39 is 10.0 Å². The second kappa shape index (κ2) is 5.13. The summed E-state index contributed by atoms with van der Waals surface area (Å²) in [6, 6.07) is 4.01. The summed E-state index contributed by atoms with van der Waals surface area (Å²) in [4.78, 5) is 0.462. The van der Waals surface area contributed by atoms with E-state index in [4.69, 9.17) is 0 Å². The molecule has 0 amide bonds. The van der Waals surface area contributed by atoms with Crippen LogP contribution in [0.5, 0.6) is 0 Å². The number of hydrogen-bond donors (Lipinski definition) is 1. The van der Waals surface area contributed by atoms with Crippen molar-refractivity contribution in [1.82, 2.24) is 4.31 Å². The molecule has 5 heteroatoms. The van der Waals surface area contributed by atoms with Crippen LogP contribution < -0.4 is 5.32 Å². The smallest absolute Gasteiger partial charge is 0.243 e. The van der Waals surface area contributed by atoms with Crippen molar-refractivity contribution >= 4 is 15.7 Å². The van der Waals surface area contributed by atoms with E-state index in [-0.39, 0.29) is 6.04 Å². The first kappa shape index (κ1) is 14.3. The summed E-state index contributed by atoms with van der Waals surface area (Å²) < 4.78 is 26.8. The normalized spacial score (nSPS) is 15.8. The molecule has 1 aromatic rings. The van der Waals surface area contributed by atoms with Crippen molar-refractivity contribution in [2.75, 3.05) is 18.9 Å². The van der Waals surface area contributed by atoms with Crippen LogP contribution in [0.1, 0.15) is 30.9 Å². The lowest BCUT2D eigenvalue weighted by molar-refractivity contribution is 0.463. The van der Waals surface area contributed by atoms with Gasteiger partial charge in [-0.1, -0.05) is 0 Å². The molecule has 0 spiro atoms. The van der Waals surface area contributed by atoms with E-state index >= 15 is 0 Å². The first-order chi connectivity index (χ1) is 8.87. The van der Waals surface area contributed by atoms with Crippen LogP contribution in [0.15, 0.2) is 17.0 Å². The summed E-state index contributed by atoms with van der Waals surface area (Å²) in [7, 11) is -1.68. The van der Waals surface area contributed by atoms with Gasteiger partial charge in [0.1, 0.15) is 0 Å². The molecule has 1 aliphatic carbocycles. The molecular weight excluding hydrogens is 260 g/mol. The van der Waals surface area contributed by atoms with Gasteiger partial charge in [0.05, 0.1) is 4.90 Å². The van der Waals surface area contributed by atoms with Crippen LogP contribution >= 0.6 is 0 Å². The van der Waals surface area contributed by atoms with Crippen molar-refractivity contribution in [2.45, 2.75) is 44.6 Å². The number of rotatable bonds is 5. The van der Waals surface area contributed by atoms with Gasteiger partial charge in [-0.15, -0.1) is 0 Å². The number of benzene rings is 1. The maximum atomic E-state index is 12.6. The van der Waals surface area contributed by atoms with Crippen LogP contribution in [0.2, 0.25) is 0 Å². The highest BCUT2D eigenvalue weighted by Crippen LogP contribution is 2.33. The summed E-state index contributed by atoms with van der Waals surface area (Å²) in [5.74, 6) is 0. The molecule has 0 bridgehead atoms. The molecule has 106 valence electrons. The van der Waals surface area contributed by atoms with Gasteiger partial charge in [-0.3, -0.25) is 0 Å². The Kier molecular flexibility index (Phi) is 3.87. The highest BCUT2D eigenvalue weighted by molar-refractivity contribution is 7.89. The van der Waals surface area contributed by atoms with Crippen molar-refractivity contribution in [1.29, 1.82) is 0 Å². The fourth-order valence-corrected chi connectivity index (χ4v) is 4.26.